The van der Waals surface area contributed by atoms with E-state index < -0.39 is 0 Å². The topological polar surface area (TPSA) is 43.1 Å². The molecular formula is C31H18N4. The average molecular weight is 447 g/mol. The van der Waals surface area contributed by atoms with Crippen molar-refractivity contribution in [2.75, 3.05) is 0 Å². The second kappa shape index (κ2) is 6.10. The van der Waals surface area contributed by atoms with Gasteiger partial charge in [-0.25, -0.2) is 9.97 Å². The Labute approximate surface area is 200 Å². The largest absolute Gasteiger partial charge is 0.276 e. The number of fused-ring (bicyclic) bond motifs is 15. The summed E-state index contributed by atoms with van der Waals surface area (Å²) < 4.78 is 2.20. The van der Waals surface area contributed by atoms with E-state index in [1.54, 1.807) is 0 Å². The molecule has 162 valence electrons. The zero-order valence-electron chi connectivity index (χ0n) is 18.8. The number of hydrogen-bond donors (Lipinski definition) is 0. The standard InChI is InChI=1S/C31H18N4/c1-2-5-21-17(4-1)12-18-7-8-19-13-20-14-23-24(15-22(20)29(19)28(18)21)30-34-26-6-3-10-33-31(26)35(30)27-9-11-32-16-25(23)27/h1-11,14-16H,12-13H2. The maximum atomic E-state index is 5.06. The van der Waals surface area contributed by atoms with Gasteiger partial charge in [-0.15, -0.1) is 0 Å². The van der Waals surface area contributed by atoms with Crippen molar-refractivity contribution in [2.24, 2.45) is 0 Å². The molecule has 0 spiro atoms. The quantitative estimate of drug-likeness (QED) is 0.243. The van der Waals surface area contributed by atoms with Crippen molar-refractivity contribution in [1.29, 1.82) is 0 Å². The fraction of sp³-hybridized carbons (Fsp3) is 0.0645. The van der Waals surface area contributed by atoms with Crippen LogP contribution in [-0.4, -0.2) is 19.4 Å². The second-order valence-corrected chi connectivity index (χ2v) is 9.71. The van der Waals surface area contributed by atoms with E-state index >= 15 is 0 Å². The molecule has 0 saturated carbocycles. The van der Waals surface area contributed by atoms with Crippen LogP contribution in [-0.2, 0) is 12.8 Å². The summed E-state index contributed by atoms with van der Waals surface area (Å²) in [5.41, 5.74) is 15.1. The lowest BCUT2D eigenvalue weighted by molar-refractivity contribution is 1.23. The minimum Gasteiger partial charge on any atom is -0.276 e. The van der Waals surface area contributed by atoms with Crippen LogP contribution in [0.1, 0.15) is 22.3 Å². The average Bonchev–Trinajstić information content (AvgIpc) is 3.58. The van der Waals surface area contributed by atoms with Crippen molar-refractivity contribution < 1.29 is 0 Å². The predicted octanol–water partition coefficient (Wildman–Crippen LogP) is 6.73. The van der Waals surface area contributed by atoms with E-state index in [0.29, 0.717) is 0 Å². The van der Waals surface area contributed by atoms with Crippen molar-refractivity contribution in [2.45, 2.75) is 12.8 Å². The van der Waals surface area contributed by atoms with Gasteiger partial charge in [-0.3, -0.25) is 9.38 Å². The molecule has 2 aliphatic rings. The number of imidazole rings is 1. The Morgan fingerprint density at radius 2 is 1.49 bits per heavy atom. The fourth-order valence-electron chi connectivity index (χ4n) is 6.47. The minimum absolute atomic E-state index is 0.885. The maximum absolute atomic E-state index is 5.06. The van der Waals surface area contributed by atoms with Crippen molar-refractivity contribution in [3.8, 4) is 22.3 Å². The third kappa shape index (κ3) is 2.15. The summed E-state index contributed by atoms with van der Waals surface area (Å²) in [4.78, 5) is 14.2. The molecule has 4 nitrogen and oxygen atoms in total. The third-order valence-corrected chi connectivity index (χ3v) is 7.93. The van der Waals surface area contributed by atoms with E-state index in [9.17, 15) is 0 Å². The number of benzene rings is 3. The number of pyridine rings is 3. The Hall–Kier alpha value is -4.57. The monoisotopic (exact) mass is 446 g/mol. The lowest BCUT2D eigenvalue weighted by Crippen LogP contribution is -1.94. The van der Waals surface area contributed by atoms with E-state index in [1.807, 2.05) is 30.7 Å². The molecule has 35 heavy (non-hydrogen) atoms. The van der Waals surface area contributed by atoms with Gasteiger partial charge in [-0.05, 0) is 93.1 Å². The Morgan fingerprint density at radius 3 is 2.43 bits per heavy atom. The molecule has 0 radical (unpaired) electrons. The SMILES string of the molecule is c1ccc2c(c1)Cc1ccc3c(c1-2)-c1cc2c(cc1C3)c1cnccc1n1c3ncccc3nc21. The molecule has 0 atom stereocenters. The molecule has 0 saturated heterocycles. The molecule has 4 aromatic heterocycles. The first-order chi connectivity index (χ1) is 17.3. The highest BCUT2D eigenvalue weighted by Crippen LogP contribution is 2.50. The first-order valence-corrected chi connectivity index (χ1v) is 12.0. The predicted molar refractivity (Wildman–Crippen MR) is 140 cm³/mol. The molecule has 4 heteroatoms. The summed E-state index contributed by atoms with van der Waals surface area (Å²) in [6.07, 6.45) is 7.65. The molecule has 0 bridgehead atoms. The Morgan fingerprint density at radius 1 is 0.629 bits per heavy atom. The number of rotatable bonds is 0. The van der Waals surface area contributed by atoms with Gasteiger partial charge in [0, 0.05) is 29.4 Å². The highest BCUT2D eigenvalue weighted by molar-refractivity contribution is 6.15. The van der Waals surface area contributed by atoms with Crippen molar-refractivity contribution in [3.05, 3.63) is 108 Å². The van der Waals surface area contributed by atoms with Crippen LogP contribution in [0.4, 0.5) is 0 Å². The molecular weight excluding hydrogens is 428 g/mol. The van der Waals surface area contributed by atoms with E-state index in [2.05, 4.69) is 69.0 Å². The zero-order chi connectivity index (χ0) is 22.7. The lowest BCUT2D eigenvalue weighted by Gasteiger charge is -2.13. The highest BCUT2D eigenvalue weighted by Gasteiger charge is 2.29. The maximum Gasteiger partial charge on any atom is 0.164 e. The lowest BCUT2D eigenvalue weighted by atomic mass is 9.92. The highest BCUT2D eigenvalue weighted by atomic mass is 15.1. The van der Waals surface area contributed by atoms with Crippen molar-refractivity contribution in [3.63, 3.8) is 0 Å². The van der Waals surface area contributed by atoms with Crippen LogP contribution >= 0.6 is 0 Å². The van der Waals surface area contributed by atoms with Crippen LogP contribution in [0, 0.1) is 0 Å². The molecule has 4 heterocycles. The van der Waals surface area contributed by atoms with Gasteiger partial charge in [0.25, 0.3) is 0 Å². The summed E-state index contributed by atoms with van der Waals surface area (Å²) >= 11 is 0. The van der Waals surface area contributed by atoms with E-state index in [0.717, 1.165) is 45.9 Å². The van der Waals surface area contributed by atoms with E-state index in [4.69, 9.17) is 4.98 Å². The fourth-order valence-corrected chi connectivity index (χ4v) is 6.47. The molecule has 3 aromatic carbocycles. The number of hydrogen-bond acceptors (Lipinski definition) is 3. The Balaban J connectivity index is 1.45. The number of aromatic nitrogens is 4. The minimum atomic E-state index is 0.885. The first-order valence-electron chi connectivity index (χ1n) is 12.0. The van der Waals surface area contributed by atoms with Gasteiger partial charge in [0.1, 0.15) is 11.2 Å². The van der Waals surface area contributed by atoms with Crippen LogP contribution in [0.3, 0.4) is 0 Å². The molecule has 7 aromatic rings. The first kappa shape index (κ1) is 17.8. The molecule has 0 N–H and O–H groups in total. The van der Waals surface area contributed by atoms with Gasteiger partial charge in [0.2, 0.25) is 0 Å². The van der Waals surface area contributed by atoms with Gasteiger partial charge >= 0.3 is 0 Å². The number of nitrogens with zero attached hydrogens (tertiary/aromatic N) is 4. The molecule has 0 fully saturated rings. The summed E-state index contributed by atoms with van der Waals surface area (Å²) in [5, 5.41) is 3.49. The summed E-state index contributed by atoms with van der Waals surface area (Å²) in [7, 11) is 0. The van der Waals surface area contributed by atoms with Crippen LogP contribution < -0.4 is 0 Å². The third-order valence-electron chi connectivity index (χ3n) is 7.93. The van der Waals surface area contributed by atoms with Crippen LogP contribution in [0.5, 0.6) is 0 Å². The van der Waals surface area contributed by atoms with Gasteiger partial charge in [-0.2, -0.15) is 0 Å². The normalized spacial score (nSPS) is 13.5. The Bertz CT molecular complexity index is 2070. The molecule has 0 amide bonds. The van der Waals surface area contributed by atoms with E-state index in [1.165, 1.54) is 49.9 Å². The van der Waals surface area contributed by atoms with Gasteiger partial charge in [-0.1, -0.05) is 36.4 Å². The molecule has 0 aliphatic heterocycles. The van der Waals surface area contributed by atoms with Crippen molar-refractivity contribution in [1.82, 2.24) is 19.4 Å². The molecule has 2 aliphatic carbocycles. The summed E-state index contributed by atoms with van der Waals surface area (Å²) in [6, 6.07) is 24.4. The molecule has 9 rings (SSSR count). The Kier molecular flexibility index (Phi) is 3.11. The van der Waals surface area contributed by atoms with Gasteiger partial charge in [0.05, 0.1) is 5.52 Å². The van der Waals surface area contributed by atoms with Crippen LogP contribution in [0.25, 0.3) is 60.7 Å². The van der Waals surface area contributed by atoms with Crippen LogP contribution in [0.2, 0.25) is 0 Å². The molecule has 0 unspecified atom stereocenters. The van der Waals surface area contributed by atoms with Gasteiger partial charge < -0.3 is 0 Å². The summed E-state index contributed by atoms with van der Waals surface area (Å²) in [6.45, 7) is 0. The van der Waals surface area contributed by atoms with E-state index in [-0.39, 0.29) is 0 Å². The van der Waals surface area contributed by atoms with Gasteiger partial charge in [0.15, 0.2) is 5.65 Å². The smallest absolute Gasteiger partial charge is 0.164 e. The second-order valence-electron chi connectivity index (χ2n) is 9.71. The summed E-state index contributed by atoms with van der Waals surface area (Å²) in [5.74, 6) is 0. The zero-order valence-corrected chi connectivity index (χ0v) is 18.8. The van der Waals surface area contributed by atoms with Crippen LogP contribution in [0.15, 0.2) is 85.3 Å². The van der Waals surface area contributed by atoms with Crippen molar-refractivity contribution >= 4 is 38.5 Å².